The van der Waals surface area contributed by atoms with Crippen molar-refractivity contribution in [2.75, 3.05) is 43.6 Å². The van der Waals surface area contributed by atoms with Crippen LogP contribution in [0.4, 0.5) is 10.8 Å². The highest BCUT2D eigenvalue weighted by Crippen LogP contribution is 2.20. The maximum absolute atomic E-state index is 12.5. The van der Waals surface area contributed by atoms with Crippen LogP contribution in [0, 0.1) is 6.92 Å². The predicted octanol–water partition coefficient (Wildman–Crippen LogP) is 2.02. The molecule has 0 radical (unpaired) electrons. The van der Waals surface area contributed by atoms with Gasteiger partial charge < -0.3 is 20.5 Å². The maximum atomic E-state index is 12.5. The SMILES string of the molecule is Cc1cnc(NC(=O)c2ccccc2NC(=O)CCOCCOCCN)s1. The summed E-state index contributed by atoms with van der Waals surface area (Å²) in [6.07, 6.45) is 1.87. The monoisotopic (exact) mass is 392 g/mol. The van der Waals surface area contributed by atoms with Gasteiger partial charge in [-0.15, -0.1) is 11.3 Å². The Bertz CT molecular complexity index is 750. The van der Waals surface area contributed by atoms with Crippen molar-refractivity contribution in [3.05, 3.63) is 40.9 Å². The minimum absolute atomic E-state index is 0.179. The Labute approximate surface area is 162 Å². The lowest BCUT2D eigenvalue weighted by atomic mass is 10.1. The van der Waals surface area contributed by atoms with Crippen molar-refractivity contribution in [3.8, 4) is 0 Å². The summed E-state index contributed by atoms with van der Waals surface area (Å²) in [5.41, 5.74) is 6.12. The molecule has 0 aliphatic carbocycles. The second-order valence-electron chi connectivity index (χ2n) is 5.59. The molecular formula is C18H24N4O4S. The van der Waals surface area contributed by atoms with Gasteiger partial charge in [0.15, 0.2) is 5.13 Å². The number of nitrogens with one attached hydrogen (secondary N) is 2. The lowest BCUT2D eigenvalue weighted by Gasteiger charge is -2.11. The summed E-state index contributed by atoms with van der Waals surface area (Å²) in [7, 11) is 0. The lowest BCUT2D eigenvalue weighted by Crippen LogP contribution is -2.19. The van der Waals surface area contributed by atoms with Crippen molar-refractivity contribution in [1.82, 2.24) is 4.98 Å². The molecule has 0 bridgehead atoms. The molecule has 146 valence electrons. The number of carbonyl (C=O) groups is 2. The molecular weight excluding hydrogens is 368 g/mol. The van der Waals surface area contributed by atoms with E-state index in [0.717, 1.165) is 4.88 Å². The quantitative estimate of drug-likeness (QED) is 0.504. The highest BCUT2D eigenvalue weighted by Gasteiger charge is 2.14. The van der Waals surface area contributed by atoms with E-state index in [9.17, 15) is 9.59 Å². The summed E-state index contributed by atoms with van der Waals surface area (Å²) >= 11 is 1.39. The molecule has 0 fully saturated rings. The van der Waals surface area contributed by atoms with Crippen LogP contribution < -0.4 is 16.4 Å². The van der Waals surface area contributed by atoms with Gasteiger partial charge in [-0.1, -0.05) is 12.1 Å². The number of nitrogens with zero attached hydrogens (tertiary/aromatic N) is 1. The fourth-order valence-corrected chi connectivity index (χ4v) is 2.81. The number of anilines is 2. The number of nitrogens with two attached hydrogens (primary N) is 1. The van der Waals surface area contributed by atoms with Crippen molar-refractivity contribution in [2.45, 2.75) is 13.3 Å². The van der Waals surface area contributed by atoms with Crippen LogP contribution in [0.25, 0.3) is 0 Å². The summed E-state index contributed by atoms with van der Waals surface area (Å²) in [5, 5.41) is 6.01. The van der Waals surface area contributed by atoms with E-state index in [1.807, 2.05) is 6.92 Å². The number of hydrogen-bond acceptors (Lipinski definition) is 7. The van der Waals surface area contributed by atoms with Crippen LogP contribution in [0.15, 0.2) is 30.5 Å². The minimum atomic E-state index is -0.325. The maximum Gasteiger partial charge on any atom is 0.259 e. The van der Waals surface area contributed by atoms with E-state index in [1.54, 1.807) is 30.5 Å². The predicted molar refractivity (Wildman–Crippen MR) is 105 cm³/mol. The second kappa shape index (κ2) is 11.4. The van der Waals surface area contributed by atoms with Gasteiger partial charge in [-0.3, -0.25) is 14.9 Å². The molecule has 0 spiro atoms. The average Bonchev–Trinajstić information content (AvgIpc) is 3.06. The molecule has 2 amide bonds. The van der Waals surface area contributed by atoms with Crippen molar-refractivity contribution in [3.63, 3.8) is 0 Å². The fourth-order valence-electron chi connectivity index (χ4n) is 2.15. The van der Waals surface area contributed by atoms with Crippen molar-refractivity contribution >= 4 is 34.0 Å². The molecule has 0 unspecified atom stereocenters. The van der Waals surface area contributed by atoms with E-state index in [1.165, 1.54) is 11.3 Å². The molecule has 0 aliphatic heterocycles. The molecule has 27 heavy (non-hydrogen) atoms. The number of hydrogen-bond donors (Lipinski definition) is 3. The van der Waals surface area contributed by atoms with Gasteiger partial charge in [-0.05, 0) is 19.1 Å². The molecule has 0 saturated carbocycles. The molecule has 8 nitrogen and oxygen atoms in total. The average molecular weight is 392 g/mol. The highest BCUT2D eigenvalue weighted by atomic mass is 32.1. The topological polar surface area (TPSA) is 116 Å². The third-order valence-corrected chi connectivity index (χ3v) is 4.22. The van der Waals surface area contributed by atoms with E-state index in [4.69, 9.17) is 15.2 Å². The zero-order valence-electron chi connectivity index (χ0n) is 15.2. The summed E-state index contributed by atoms with van der Waals surface area (Å²) in [6, 6.07) is 6.82. The first kappa shape index (κ1) is 21.0. The normalized spacial score (nSPS) is 10.6. The number of thiazole rings is 1. The summed E-state index contributed by atoms with van der Waals surface area (Å²) in [6.45, 7) is 3.98. The first-order valence-corrected chi connectivity index (χ1v) is 9.40. The molecule has 0 aliphatic rings. The Morgan fingerprint density at radius 3 is 2.56 bits per heavy atom. The molecule has 4 N–H and O–H groups in total. The van der Waals surface area contributed by atoms with E-state index >= 15 is 0 Å². The zero-order chi connectivity index (χ0) is 19.5. The van der Waals surface area contributed by atoms with Crippen LogP contribution in [0.2, 0.25) is 0 Å². The van der Waals surface area contributed by atoms with Crippen LogP contribution >= 0.6 is 11.3 Å². The van der Waals surface area contributed by atoms with Crippen molar-refractivity contribution < 1.29 is 19.1 Å². The standard InChI is InChI=1S/C18H24N4O4S/c1-13-12-20-18(27-13)22-17(24)14-4-2-3-5-15(14)21-16(23)6-8-25-10-11-26-9-7-19/h2-5,12H,6-11,19H2,1H3,(H,21,23)(H,20,22,24). The summed E-state index contributed by atoms with van der Waals surface area (Å²) in [4.78, 5) is 29.7. The van der Waals surface area contributed by atoms with E-state index in [2.05, 4.69) is 15.6 Å². The molecule has 0 saturated heterocycles. The van der Waals surface area contributed by atoms with Crippen molar-refractivity contribution in [1.29, 1.82) is 0 Å². The lowest BCUT2D eigenvalue weighted by molar-refractivity contribution is -0.117. The molecule has 2 rings (SSSR count). The second-order valence-corrected chi connectivity index (χ2v) is 6.82. The Balaban J connectivity index is 1.82. The number of rotatable bonds is 11. The van der Waals surface area contributed by atoms with Gasteiger partial charge >= 0.3 is 0 Å². The molecule has 1 aromatic carbocycles. The smallest absolute Gasteiger partial charge is 0.259 e. The Kier molecular flexibility index (Phi) is 8.85. The molecule has 1 heterocycles. The number of aromatic nitrogens is 1. The third kappa shape index (κ3) is 7.43. The Hall–Kier alpha value is -2.33. The van der Waals surface area contributed by atoms with Crippen LogP contribution in [0.1, 0.15) is 21.7 Å². The fraction of sp³-hybridized carbons (Fsp3) is 0.389. The number of para-hydroxylation sites is 1. The minimum Gasteiger partial charge on any atom is -0.379 e. The summed E-state index contributed by atoms with van der Waals surface area (Å²) < 4.78 is 10.5. The van der Waals surface area contributed by atoms with Gasteiger partial charge in [0, 0.05) is 17.6 Å². The number of amides is 2. The number of ether oxygens (including phenoxy) is 2. The van der Waals surface area contributed by atoms with Gasteiger partial charge in [0.1, 0.15) is 0 Å². The Morgan fingerprint density at radius 2 is 1.85 bits per heavy atom. The third-order valence-electron chi connectivity index (χ3n) is 3.40. The first-order chi connectivity index (χ1) is 13.1. The van der Waals surface area contributed by atoms with E-state index < -0.39 is 0 Å². The summed E-state index contributed by atoms with van der Waals surface area (Å²) in [5.74, 6) is -0.559. The van der Waals surface area contributed by atoms with Crippen LogP contribution in [0.3, 0.4) is 0 Å². The van der Waals surface area contributed by atoms with Crippen molar-refractivity contribution in [2.24, 2.45) is 5.73 Å². The first-order valence-electron chi connectivity index (χ1n) is 8.58. The highest BCUT2D eigenvalue weighted by molar-refractivity contribution is 7.15. The van der Waals surface area contributed by atoms with Gasteiger partial charge in [-0.2, -0.15) is 0 Å². The number of aryl methyl sites for hydroxylation is 1. The van der Waals surface area contributed by atoms with Crippen LogP contribution in [-0.2, 0) is 14.3 Å². The Morgan fingerprint density at radius 1 is 1.11 bits per heavy atom. The van der Waals surface area contributed by atoms with Gasteiger partial charge in [0.25, 0.3) is 5.91 Å². The molecule has 2 aromatic rings. The van der Waals surface area contributed by atoms with Crippen LogP contribution in [-0.4, -0.2) is 49.8 Å². The number of carbonyl (C=O) groups excluding carboxylic acids is 2. The zero-order valence-corrected chi connectivity index (χ0v) is 16.0. The van der Waals surface area contributed by atoms with Crippen LogP contribution in [0.5, 0.6) is 0 Å². The largest absolute Gasteiger partial charge is 0.379 e. The van der Waals surface area contributed by atoms with Gasteiger partial charge in [0.05, 0.1) is 44.1 Å². The molecule has 0 atom stereocenters. The van der Waals surface area contributed by atoms with Gasteiger partial charge in [-0.25, -0.2) is 4.98 Å². The van der Waals surface area contributed by atoms with E-state index in [0.29, 0.717) is 42.7 Å². The van der Waals surface area contributed by atoms with E-state index in [-0.39, 0.29) is 24.8 Å². The number of benzene rings is 1. The van der Waals surface area contributed by atoms with Gasteiger partial charge in [0.2, 0.25) is 5.91 Å². The molecule has 9 heteroatoms. The molecule has 1 aromatic heterocycles.